The van der Waals surface area contributed by atoms with Crippen molar-refractivity contribution in [3.8, 4) is 0 Å². The standard InChI is InChI=1S/C40H52O/c1-30(18-13-20-32(3)23-25-37-34(5)22-15-27-39(37,7)8)16-11-12-17-31(2)19-14-21-33(4)24-26-38-35(6)28-36(41)29-40(38,9)10/h11-28,36,41H,29H2,1-10H3/b16-11+,17-12+,20-13+,21-14+,30-18+,31-19+,32-23+,33-24+,37-25-,38-26-/t36-/m1/s1. The Hall–Kier alpha value is -3.42. The second-order valence-electron chi connectivity index (χ2n) is 12.7. The van der Waals surface area contributed by atoms with E-state index in [9.17, 15) is 5.11 Å². The van der Waals surface area contributed by atoms with Crippen LogP contribution in [-0.2, 0) is 0 Å². The molecule has 0 saturated heterocycles. The molecule has 1 heteroatoms. The highest BCUT2D eigenvalue weighted by atomic mass is 16.3. The van der Waals surface area contributed by atoms with E-state index in [4.69, 9.17) is 0 Å². The summed E-state index contributed by atoms with van der Waals surface area (Å²) in [6, 6.07) is 0. The van der Waals surface area contributed by atoms with E-state index < -0.39 is 0 Å². The molecule has 0 amide bonds. The minimum Gasteiger partial charge on any atom is -0.389 e. The number of aliphatic hydroxyl groups is 1. The van der Waals surface area contributed by atoms with Crippen molar-refractivity contribution in [1.82, 2.24) is 0 Å². The smallest absolute Gasteiger partial charge is 0.0734 e. The summed E-state index contributed by atoms with van der Waals surface area (Å²) in [5.41, 5.74) is 10.0. The van der Waals surface area contributed by atoms with Crippen LogP contribution in [0, 0.1) is 10.8 Å². The van der Waals surface area contributed by atoms with Gasteiger partial charge in [-0.2, -0.15) is 0 Å². The highest BCUT2D eigenvalue weighted by Crippen LogP contribution is 2.40. The van der Waals surface area contributed by atoms with Crippen molar-refractivity contribution in [1.29, 1.82) is 0 Å². The van der Waals surface area contributed by atoms with E-state index in [1.54, 1.807) is 0 Å². The number of allylic oxidation sites excluding steroid dienone is 25. The van der Waals surface area contributed by atoms with Crippen LogP contribution in [0.1, 0.15) is 75.7 Å². The Morgan fingerprint density at radius 1 is 0.683 bits per heavy atom. The third-order valence-electron chi connectivity index (χ3n) is 7.59. The maximum atomic E-state index is 10.0. The molecule has 0 aliphatic heterocycles. The van der Waals surface area contributed by atoms with Gasteiger partial charge in [0.15, 0.2) is 0 Å². The molecule has 1 nitrogen and oxygen atoms in total. The van der Waals surface area contributed by atoms with Crippen LogP contribution in [0.15, 0.2) is 154 Å². The number of hydrogen-bond donors (Lipinski definition) is 1. The summed E-state index contributed by atoms with van der Waals surface area (Å²) in [6.07, 6.45) is 38.9. The molecule has 2 aliphatic carbocycles. The largest absolute Gasteiger partial charge is 0.389 e. The van der Waals surface area contributed by atoms with Crippen LogP contribution in [-0.4, -0.2) is 11.2 Å². The van der Waals surface area contributed by atoms with Crippen LogP contribution in [0.4, 0.5) is 0 Å². The molecule has 0 saturated carbocycles. The molecule has 0 aromatic carbocycles. The first-order chi connectivity index (χ1) is 19.2. The predicted octanol–water partition coefficient (Wildman–Crippen LogP) is 11.1. The van der Waals surface area contributed by atoms with Crippen molar-refractivity contribution in [2.24, 2.45) is 10.8 Å². The lowest BCUT2D eigenvalue weighted by molar-refractivity contribution is 0.161. The zero-order valence-corrected chi connectivity index (χ0v) is 27.1. The molecule has 1 N–H and O–H groups in total. The quantitative estimate of drug-likeness (QED) is 0.284. The summed E-state index contributed by atoms with van der Waals surface area (Å²) in [5.74, 6) is 0. The van der Waals surface area contributed by atoms with Crippen LogP contribution in [0.2, 0.25) is 0 Å². The summed E-state index contributed by atoms with van der Waals surface area (Å²) in [7, 11) is 0. The van der Waals surface area contributed by atoms with E-state index in [2.05, 4.69) is 173 Å². The highest BCUT2D eigenvalue weighted by molar-refractivity contribution is 5.46. The van der Waals surface area contributed by atoms with Crippen molar-refractivity contribution in [2.45, 2.75) is 81.8 Å². The molecule has 0 fully saturated rings. The van der Waals surface area contributed by atoms with Gasteiger partial charge in [-0.05, 0) is 75.7 Å². The first-order valence-electron chi connectivity index (χ1n) is 14.8. The highest BCUT2D eigenvalue weighted by Gasteiger charge is 2.30. The number of rotatable bonds is 9. The molecular weight excluding hydrogens is 496 g/mol. The Balaban J connectivity index is 1.91. The zero-order chi connectivity index (χ0) is 30.6. The van der Waals surface area contributed by atoms with Gasteiger partial charge in [-0.1, -0.05) is 159 Å². The first-order valence-corrected chi connectivity index (χ1v) is 14.8. The summed E-state index contributed by atoms with van der Waals surface area (Å²) in [6.45, 7) is 21.7. The SMILES string of the molecule is CC1=CC=CC(C)(C)\C1=C/C=C(C)/C=C/C=C(C)/C=C/C=C/C(C)=C/C=C/C(C)=C/C=C1/C(C)=C[C@@H](O)CC1(C)C. The lowest BCUT2D eigenvalue weighted by Gasteiger charge is -2.34. The molecule has 0 unspecified atom stereocenters. The van der Waals surface area contributed by atoms with Gasteiger partial charge in [0.05, 0.1) is 6.10 Å². The molecule has 0 bridgehead atoms. The van der Waals surface area contributed by atoms with Crippen LogP contribution >= 0.6 is 0 Å². The Labute approximate surface area is 251 Å². The lowest BCUT2D eigenvalue weighted by Crippen LogP contribution is -2.26. The molecule has 0 aromatic rings. The zero-order valence-electron chi connectivity index (χ0n) is 27.1. The normalized spacial score (nSPS) is 24.5. The van der Waals surface area contributed by atoms with Gasteiger partial charge in [-0.3, -0.25) is 0 Å². The number of aliphatic hydroxyl groups excluding tert-OH is 1. The molecule has 2 aliphatic rings. The van der Waals surface area contributed by atoms with Crippen molar-refractivity contribution >= 4 is 0 Å². The third kappa shape index (κ3) is 11.5. The summed E-state index contributed by atoms with van der Waals surface area (Å²) < 4.78 is 0. The predicted molar refractivity (Wildman–Crippen MR) is 183 cm³/mol. The summed E-state index contributed by atoms with van der Waals surface area (Å²) in [5, 5.41) is 10.0. The van der Waals surface area contributed by atoms with E-state index >= 15 is 0 Å². The molecule has 0 aromatic heterocycles. The van der Waals surface area contributed by atoms with Crippen molar-refractivity contribution < 1.29 is 5.11 Å². The van der Waals surface area contributed by atoms with Gasteiger partial charge in [0, 0.05) is 5.41 Å². The first kappa shape index (κ1) is 33.8. The molecule has 0 heterocycles. The van der Waals surface area contributed by atoms with Crippen molar-refractivity contribution in [3.63, 3.8) is 0 Å². The maximum absolute atomic E-state index is 10.0. The van der Waals surface area contributed by atoms with Crippen LogP contribution in [0.3, 0.4) is 0 Å². The topological polar surface area (TPSA) is 20.2 Å². The van der Waals surface area contributed by atoms with E-state index in [-0.39, 0.29) is 16.9 Å². The van der Waals surface area contributed by atoms with Crippen molar-refractivity contribution in [3.05, 3.63) is 154 Å². The second-order valence-corrected chi connectivity index (χ2v) is 12.7. The van der Waals surface area contributed by atoms with E-state index in [1.165, 1.54) is 44.6 Å². The van der Waals surface area contributed by atoms with Gasteiger partial charge in [0.2, 0.25) is 0 Å². The Kier molecular flexibility index (Phi) is 12.8. The molecule has 0 radical (unpaired) electrons. The van der Waals surface area contributed by atoms with Gasteiger partial charge >= 0.3 is 0 Å². The molecule has 218 valence electrons. The second kappa shape index (κ2) is 15.5. The van der Waals surface area contributed by atoms with Crippen molar-refractivity contribution in [2.75, 3.05) is 0 Å². The Morgan fingerprint density at radius 3 is 1.63 bits per heavy atom. The van der Waals surface area contributed by atoms with Gasteiger partial charge in [-0.15, -0.1) is 0 Å². The molecule has 2 rings (SSSR count). The number of hydrogen-bond acceptors (Lipinski definition) is 1. The van der Waals surface area contributed by atoms with Gasteiger partial charge in [0.25, 0.3) is 0 Å². The van der Waals surface area contributed by atoms with Crippen LogP contribution < -0.4 is 0 Å². The molecule has 41 heavy (non-hydrogen) atoms. The fourth-order valence-corrected chi connectivity index (χ4v) is 5.20. The van der Waals surface area contributed by atoms with E-state index in [0.717, 1.165) is 6.42 Å². The minimum atomic E-state index is -0.348. The average Bonchev–Trinajstić information content (AvgIpc) is 2.84. The van der Waals surface area contributed by atoms with Gasteiger partial charge in [-0.25, -0.2) is 0 Å². The maximum Gasteiger partial charge on any atom is 0.0734 e. The summed E-state index contributed by atoms with van der Waals surface area (Å²) in [4.78, 5) is 0. The summed E-state index contributed by atoms with van der Waals surface area (Å²) >= 11 is 0. The molecular formula is C40H52O. The van der Waals surface area contributed by atoms with Crippen LogP contribution in [0.25, 0.3) is 0 Å². The fraction of sp³-hybridized carbons (Fsp3) is 0.350. The lowest BCUT2D eigenvalue weighted by atomic mass is 9.72. The molecule has 0 spiro atoms. The van der Waals surface area contributed by atoms with E-state index in [1.807, 2.05) is 6.08 Å². The van der Waals surface area contributed by atoms with Gasteiger partial charge in [0.1, 0.15) is 0 Å². The third-order valence-corrected chi connectivity index (χ3v) is 7.59. The van der Waals surface area contributed by atoms with Gasteiger partial charge < -0.3 is 5.11 Å². The Morgan fingerprint density at radius 2 is 1.15 bits per heavy atom. The fourth-order valence-electron chi connectivity index (χ4n) is 5.20. The monoisotopic (exact) mass is 548 g/mol. The van der Waals surface area contributed by atoms with E-state index in [0.29, 0.717) is 0 Å². The molecule has 1 atom stereocenters. The van der Waals surface area contributed by atoms with Crippen LogP contribution in [0.5, 0.6) is 0 Å². The minimum absolute atomic E-state index is 0.0212. The Bertz CT molecular complexity index is 1340. The average molecular weight is 549 g/mol.